The third-order valence-electron chi connectivity index (χ3n) is 4.47. The zero-order valence-electron chi connectivity index (χ0n) is 15.8. The van der Waals surface area contributed by atoms with E-state index in [2.05, 4.69) is 25.6 Å². The maximum atomic E-state index is 14.3. The first kappa shape index (κ1) is 19.8. The van der Waals surface area contributed by atoms with Gasteiger partial charge in [0.2, 0.25) is 0 Å². The Labute approximate surface area is 176 Å². The Hall–Kier alpha value is -3.46. The average molecular weight is 430 g/mol. The van der Waals surface area contributed by atoms with E-state index in [1.54, 1.807) is 0 Å². The molecule has 1 saturated carbocycles. The van der Waals surface area contributed by atoms with Crippen LogP contribution in [0.5, 0.6) is 11.5 Å². The van der Waals surface area contributed by atoms with Gasteiger partial charge in [-0.05, 0) is 31.0 Å². The minimum Gasteiger partial charge on any atom is -0.504 e. The number of rotatable bonds is 6. The molecule has 0 aliphatic heterocycles. The summed E-state index contributed by atoms with van der Waals surface area (Å²) in [6.45, 7) is 0. The summed E-state index contributed by atoms with van der Waals surface area (Å²) < 4.78 is 19.5. The van der Waals surface area contributed by atoms with E-state index in [1.807, 2.05) is 0 Å². The van der Waals surface area contributed by atoms with Crippen molar-refractivity contribution in [3.63, 3.8) is 0 Å². The molecule has 1 aliphatic rings. The summed E-state index contributed by atoms with van der Waals surface area (Å²) in [7, 11) is 1.41. The predicted octanol–water partition coefficient (Wildman–Crippen LogP) is 3.68. The molecule has 0 atom stereocenters. The molecule has 8 nitrogen and oxygen atoms in total. The first-order valence-electron chi connectivity index (χ1n) is 9.07. The number of aromatic nitrogens is 3. The molecule has 3 N–H and O–H groups in total. The van der Waals surface area contributed by atoms with E-state index >= 15 is 0 Å². The Morgan fingerprint density at radius 3 is 2.83 bits per heavy atom. The molecule has 4 rings (SSSR count). The second kappa shape index (κ2) is 8.11. The summed E-state index contributed by atoms with van der Waals surface area (Å²) in [6.07, 6.45) is 5.71. The largest absolute Gasteiger partial charge is 0.504 e. The highest BCUT2D eigenvalue weighted by molar-refractivity contribution is 6.30. The maximum Gasteiger partial charge on any atom is 0.255 e. The quantitative estimate of drug-likeness (QED) is 0.548. The number of nitrogens with zero attached hydrogens (tertiary/aromatic N) is 3. The molecule has 10 heteroatoms. The van der Waals surface area contributed by atoms with Crippen LogP contribution in [0.15, 0.2) is 36.8 Å². The van der Waals surface area contributed by atoms with Gasteiger partial charge < -0.3 is 20.5 Å². The molecule has 0 unspecified atom stereocenters. The lowest BCUT2D eigenvalue weighted by molar-refractivity contribution is 0.0951. The van der Waals surface area contributed by atoms with Gasteiger partial charge in [-0.1, -0.05) is 11.6 Å². The summed E-state index contributed by atoms with van der Waals surface area (Å²) >= 11 is 5.97. The van der Waals surface area contributed by atoms with Crippen LogP contribution in [0.2, 0.25) is 5.02 Å². The molecule has 3 aromatic rings. The SMILES string of the molecule is COc1cnc(-c2cc(Cl)ccc2F)nc1Nc1c(O)cncc1C(=O)NC1CC1. The number of pyridine rings is 1. The van der Waals surface area contributed by atoms with Crippen LogP contribution in [0.1, 0.15) is 23.2 Å². The monoisotopic (exact) mass is 429 g/mol. The smallest absolute Gasteiger partial charge is 0.255 e. The van der Waals surface area contributed by atoms with Crippen LogP contribution in [0.25, 0.3) is 11.4 Å². The highest BCUT2D eigenvalue weighted by Gasteiger charge is 2.26. The van der Waals surface area contributed by atoms with Crippen molar-refractivity contribution in [1.82, 2.24) is 20.3 Å². The van der Waals surface area contributed by atoms with Crippen molar-refractivity contribution in [3.05, 3.63) is 53.2 Å². The standard InChI is InChI=1S/C20H17ClFN5O3/c1-30-16-9-24-18(12-6-10(21)2-5-14(12)22)27-19(16)26-17-13(7-23-8-15(17)28)20(29)25-11-3-4-11/h2,5-9,11,28H,3-4H2,1H3,(H,25,29)(H,23,24,26,27). The third-order valence-corrected chi connectivity index (χ3v) is 4.71. The molecular weight excluding hydrogens is 413 g/mol. The van der Waals surface area contributed by atoms with E-state index < -0.39 is 5.82 Å². The number of hydrogen-bond acceptors (Lipinski definition) is 7. The van der Waals surface area contributed by atoms with Crippen molar-refractivity contribution in [2.45, 2.75) is 18.9 Å². The number of hydrogen-bond donors (Lipinski definition) is 3. The van der Waals surface area contributed by atoms with E-state index in [0.29, 0.717) is 5.02 Å². The van der Waals surface area contributed by atoms with Crippen molar-refractivity contribution in [1.29, 1.82) is 0 Å². The lowest BCUT2D eigenvalue weighted by atomic mass is 10.2. The van der Waals surface area contributed by atoms with Gasteiger partial charge in [0.15, 0.2) is 23.1 Å². The second-order valence-electron chi connectivity index (χ2n) is 6.69. The highest BCUT2D eigenvalue weighted by Crippen LogP contribution is 2.34. The third kappa shape index (κ3) is 4.11. The van der Waals surface area contributed by atoms with Crippen molar-refractivity contribution >= 4 is 29.0 Å². The Balaban J connectivity index is 1.74. The van der Waals surface area contributed by atoms with Gasteiger partial charge in [-0.3, -0.25) is 9.78 Å². The minimum absolute atomic E-state index is 0.0517. The van der Waals surface area contributed by atoms with Crippen molar-refractivity contribution in [2.75, 3.05) is 12.4 Å². The van der Waals surface area contributed by atoms with E-state index in [9.17, 15) is 14.3 Å². The summed E-state index contributed by atoms with van der Waals surface area (Å²) in [5.74, 6) is -0.774. The van der Waals surface area contributed by atoms with Crippen molar-refractivity contribution in [2.24, 2.45) is 0 Å². The van der Waals surface area contributed by atoms with Gasteiger partial charge in [-0.15, -0.1) is 0 Å². The number of carbonyl (C=O) groups is 1. The second-order valence-corrected chi connectivity index (χ2v) is 7.13. The van der Waals surface area contributed by atoms with Gasteiger partial charge in [0.05, 0.1) is 36.3 Å². The van der Waals surface area contributed by atoms with E-state index in [-0.39, 0.29) is 51.9 Å². The first-order chi connectivity index (χ1) is 14.5. The molecule has 1 aliphatic carbocycles. The average Bonchev–Trinajstić information content (AvgIpc) is 3.55. The molecule has 0 radical (unpaired) electrons. The summed E-state index contributed by atoms with van der Waals surface area (Å²) in [6, 6.07) is 4.16. The number of amides is 1. The summed E-state index contributed by atoms with van der Waals surface area (Å²) in [5.41, 5.74) is 0.328. The van der Waals surface area contributed by atoms with Gasteiger partial charge in [0.1, 0.15) is 5.82 Å². The van der Waals surface area contributed by atoms with E-state index in [1.165, 1.54) is 43.9 Å². The fourth-order valence-electron chi connectivity index (χ4n) is 2.77. The van der Waals surface area contributed by atoms with Crippen molar-refractivity contribution < 1.29 is 19.0 Å². The minimum atomic E-state index is -0.549. The van der Waals surface area contributed by atoms with Crippen LogP contribution in [0.4, 0.5) is 15.9 Å². The molecule has 1 fully saturated rings. The van der Waals surface area contributed by atoms with Gasteiger partial charge in [-0.2, -0.15) is 0 Å². The lowest BCUT2D eigenvalue weighted by Crippen LogP contribution is -2.26. The number of halogens is 2. The molecule has 0 saturated heterocycles. The number of benzene rings is 1. The fraction of sp³-hybridized carbons (Fsp3) is 0.200. The van der Waals surface area contributed by atoms with Gasteiger partial charge in [-0.25, -0.2) is 14.4 Å². The molecule has 2 heterocycles. The number of aromatic hydroxyl groups is 1. The normalized spacial score (nSPS) is 13.0. The zero-order chi connectivity index (χ0) is 21.3. The van der Waals surface area contributed by atoms with Gasteiger partial charge >= 0.3 is 0 Å². The van der Waals surface area contributed by atoms with Crippen LogP contribution >= 0.6 is 11.6 Å². The molecule has 154 valence electrons. The van der Waals surface area contributed by atoms with Crippen LogP contribution in [-0.4, -0.2) is 39.1 Å². The number of carbonyl (C=O) groups excluding carboxylic acids is 1. The maximum absolute atomic E-state index is 14.3. The topological polar surface area (TPSA) is 109 Å². The van der Waals surface area contributed by atoms with Crippen LogP contribution in [-0.2, 0) is 0 Å². The summed E-state index contributed by atoms with van der Waals surface area (Å²) in [4.78, 5) is 24.9. The molecule has 1 amide bonds. The number of methoxy groups -OCH3 is 1. The molecule has 2 aromatic heterocycles. The Morgan fingerprint density at radius 1 is 1.30 bits per heavy atom. The van der Waals surface area contributed by atoms with Crippen LogP contribution < -0.4 is 15.4 Å². The number of nitrogens with one attached hydrogen (secondary N) is 2. The number of anilines is 2. The molecule has 0 bridgehead atoms. The zero-order valence-corrected chi connectivity index (χ0v) is 16.6. The van der Waals surface area contributed by atoms with Crippen LogP contribution in [0, 0.1) is 5.82 Å². The first-order valence-corrected chi connectivity index (χ1v) is 9.45. The Bertz CT molecular complexity index is 1120. The van der Waals surface area contributed by atoms with E-state index in [4.69, 9.17) is 16.3 Å². The lowest BCUT2D eigenvalue weighted by Gasteiger charge is -2.15. The highest BCUT2D eigenvalue weighted by atomic mass is 35.5. The Morgan fingerprint density at radius 2 is 2.10 bits per heavy atom. The van der Waals surface area contributed by atoms with Crippen LogP contribution in [0.3, 0.4) is 0 Å². The van der Waals surface area contributed by atoms with Crippen molar-refractivity contribution in [3.8, 4) is 22.9 Å². The van der Waals surface area contributed by atoms with Gasteiger partial charge in [0.25, 0.3) is 5.91 Å². The molecule has 1 aromatic carbocycles. The number of ether oxygens (including phenoxy) is 1. The summed E-state index contributed by atoms with van der Waals surface area (Å²) in [5, 5.41) is 16.4. The van der Waals surface area contributed by atoms with E-state index in [0.717, 1.165) is 12.8 Å². The Kier molecular flexibility index (Phi) is 5.37. The van der Waals surface area contributed by atoms with Gasteiger partial charge in [0, 0.05) is 17.3 Å². The molecule has 30 heavy (non-hydrogen) atoms. The predicted molar refractivity (Wildman–Crippen MR) is 109 cm³/mol. The molecular formula is C20H17ClFN5O3. The fourth-order valence-corrected chi connectivity index (χ4v) is 2.94. The molecule has 0 spiro atoms.